The van der Waals surface area contributed by atoms with Gasteiger partial charge in [-0.25, -0.2) is 4.39 Å². The molecule has 1 aliphatic heterocycles. The zero-order chi connectivity index (χ0) is 17.6. The zero-order valence-corrected chi connectivity index (χ0v) is 14.5. The summed E-state index contributed by atoms with van der Waals surface area (Å²) in [6.45, 7) is 4.19. The van der Waals surface area contributed by atoms with E-state index in [9.17, 15) is 14.0 Å². The van der Waals surface area contributed by atoms with Crippen LogP contribution in [0.3, 0.4) is 0 Å². The molecule has 2 amide bonds. The SMILES string of the molecule is O=C(NCCCC(=O)N1CCCN(C2CC2)CC1)c1ccc(F)cc1. The van der Waals surface area contributed by atoms with Crippen molar-refractivity contribution in [3.8, 4) is 0 Å². The summed E-state index contributed by atoms with van der Waals surface area (Å²) < 4.78 is 12.8. The Kier molecular flexibility index (Phi) is 6.02. The van der Waals surface area contributed by atoms with E-state index in [1.807, 2.05) is 4.90 Å². The van der Waals surface area contributed by atoms with E-state index in [1.165, 1.54) is 37.1 Å². The van der Waals surface area contributed by atoms with Gasteiger partial charge in [-0.3, -0.25) is 14.5 Å². The lowest BCUT2D eigenvalue weighted by Gasteiger charge is -2.21. The van der Waals surface area contributed by atoms with Crippen LogP contribution in [0.5, 0.6) is 0 Å². The number of amides is 2. The lowest BCUT2D eigenvalue weighted by molar-refractivity contribution is -0.131. The number of benzene rings is 1. The smallest absolute Gasteiger partial charge is 0.251 e. The van der Waals surface area contributed by atoms with Gasteiger partial charge in [0, 0.05) is 50.7 Å². The van der Waals surface area contributed by atoms with Crippen molar-refractivity contribution >= 4 is 11.8 Å². The van der Waals surface area contributed by atoms with E-state index in [1.54, 1.807) is 0 Å². The first kappa shape index (κ1) is 17.9. The van der Waals surface area contributed by atoms with Crippen LogP contribution in [0.1, 0.15) is 42.5 Å². The number of nitrogens with zero attached hydrogens (tertiary/aromatic N) is 2. The van der Waals surface area contributed by atoms with Crippen molar-refractivity contribution in [2.24, 2.45) is 0 Å². The van der Waals surface area contributed by atoms with Crippen molar-refractivity contribution in [2.75, 3.05) is 32.7 Å². The Labute approximate surface area is 148 Å². The zero-order valence-electron chi connectivity index (χ0n) is 14.5. The monoisotopic (exact) mass is 347 g/mol. The van der Waals surface area contributed by atoms with Gasteiger partial charge < -0.3 is 10.2 Å². The van der Waals surface area contributed by atoms with Crippen molar-refractivity contribution in [1.82, 2.24) is 15.1 Å². The van der Waals surface area contributed by atoms with Crippen molar-refractivity contribution < 1.29 is 14.0 Å². The summed E-state index contributed by atoms with van der Waals surface area (Å²) in [5.74, 6) is -0.421. The quantitative estimate of drug-likeness (QED) is 0.801. The van der Waals surface area contributed by atoms with Crippen LogP contribution in [0.15, 0.2) is 24.3 Å². The molecule has 1 aromatic carbocycles. The van der Waals surface area contributed by atoms with E-state index < -0.39 is 0 Å². The topological polar surface area (TPSA) is 52.7 Å². The predicted octanol–water partition coefficient (Wildman–Crippen LogP) is 2.03. The van der Waals surface area contributed by atoms with Crippen molar-refractivity contribution in [3.63, 3.8) is 0 Å². The van der Waals surface area contributed by atoms with Gasteiger partial charge >= 0.3 is 0 Å². The molecule has 2 aliphatic rings. The van der Waals surface area contributed by atoms with Crippen LogP contribution in [0.2, 0.25) is 0 Å². The summed E-state index contributed by atoms with van der Waals surface area (Å²) >= 11 is 0. The Morgan fingerprint density at radius 3 is 2.56 bits per heavy atom. The molecule has 0 bridgehead atoms. The minimum absolute atomic E-state index is 0.175. The molecule has 1 saturated carbocycles. The third kappa shape index (κ3) is 5.26. The van der Waals surface area contributed by atoms with Gasteiger partial charge in [-0.2, -0.15) is 0 Å². The lowest BCUT2D eigenvalue weighted by atomic mass is 10.2. The molecule has 1 saturated heterocycles. The Hall–Kier alpha value is -1.95. The number of hydrogen-bond donors (Lipinski definition) is 1. The molecule has 2 fully saturated rings. The molecule has 0 aromatic heterocycles. The number of halogens is 1. The van der Waals surface area contributed by atoms with Crippen LogP contribution in [0, 0.1) is 5.82 Å². The average molecular weight is 347 g/mol. The molecule has 136 valence electrons. The van der Waals surface area contributed by atoms with Gasteiger partial charge in [0.05, 0.1) is 0 Å². The highest BCUT2D eigenvalue weighted by molar-refractivity contribution is 5.94. The molecule has 0 atom stereocenters. The minimum atomic E-state index is -0.361. The molecule has 6 heteroatoms. The fourth-order valence-electron chi connectivity index (χ4n) is 3.29. The predicted molar refractivity (Wildman–Crippen MR) is 93.8 cm³/mol. The Morgan fingerprint density at radius 1 is 1.08 bits per heavy atom. The van der Waals surface area contributed by atoms with Gasteiger partial charge in [0.25, 0.3) is 5.91 Å². The Morgan fingerprint density at radius 2 is 1.84 bits per heavy atom. The molecule has 1 heterocycles. The van der Waals surface area contributed by atoms with Gasteiger partial charge in [-0.05, 0) is 49.9 Å². The molecule has 0 spiro atoms. The average Bonchev–Trinajstić information content (AvgIpc) is 3.44. The van der Waals surface area contributed by atoms with E-state index in [2.05, 4.69) is 10.2 Å². The van der Waals surface area contributed by atoms with E-state index >= 15 is 0 Å². The summed E-state index contributed by atoms with van der Waals surface area (Å²) in [6, 6.07) is 6.21. The van der Waals surface area contributed by atoms with Crippen LogP contribution in [-0.4, -0.2) is 60.4 Å². The van der Waals surface area contributed by atoms with E-state index in [-0.39, 0.29) is 17.6 Å². The van der Waals surface area contributed by atoms with E-state index in [0.29, 0.717) is 24.9 Å². The largest absolute Gasteiger partial charge is 0.352 e. The highest BCUT2D eigenvalue weighted by Crippen LogP contribution is 2.27. The molecule has 1 aromatic rings. The molecule has 3 rings (SSSR count). The van der Waals surface area contributed by atoms with Crippen LogP contribution in [0.4, 0.5) is 4.39 Å². The normalized spacial score (nSPS) is 18.7. The summed E-state index contributed by atoms with van der Waals surface area (Å²) in [5.41, 5.74) is 0.431. The van der Waals surface area contributed by atoms with Crippen molar-refractivity contribution in [2.45, 2.75) is 38.1 Å². The van der Waals surface area contributed by atoms with Gasteiger partial charge in [0.1, 0.15) is 5.82 Å². The Balaban J connectivity index is 1.34. The first-order valence-corrected chi connectivity index (χ1v) is 9.19. The third-order valence-corrected chi connectivity index (χ3v) is 4.91. The van der Waals surface area contributed by atoms with Crippen LogP contribution in [0.25, 0.3) is 0 Å². The fraction of sp³-hybridized carbons (Fsp3) is 0.579. The molecule has 1 N–H and O–H groups in total. The first-order chi connectivity index (χ1) is 12.1. The number of carbonyl (C=O) groups is 2. The molecule has 25 heavy (non-hydrogen) atoms. The van der Waals surface area contributed by atoms with Crippen LogP contribution < -0.4 is 5.32 Å². The van der Waals surface area contributed by atoms with Gasteiger partial charge in [-0.1, -0.05) is 0 Å². The molecular formula is C19H26FN3O2. The second kappa shape index (κ2) is 8.43. The van der Waals surface area contributed by atoms with Gasteiger partial charge in [-0.15, -0.1) is 0 Å². The summed E-state index contributed by atoms with van der Waals surface area (Å²) in [6.07, 6.45) is 4.73. The highest BCUT2D eigenvalue weighted by Gasteiger charge is 2.30. The molecule has 0 unspecified atom stereocenters. The van der Waals surface area contributed by atoms with E-state index in [0.717, 1.165) is 38.6 Å². The van der Waals surface area contributed by atoms with Crippen LogP contribution in [-0.2, 0) is 4.79 Å². The summed E-state index contributed by atoms with van der Waals surface area (Å²) in [7, 11) is 0. The number of hydrogen-bond acceptors (Lipinski definition) is 3. The van der Waals surface area contributed by atoms with Gasteiger partial charge in [0.2, 0.25) is 5.91 Å². The van der Waals surface area contributed by atoms with Gasteiger partial charge in [0.15, 0.2) is 0 Å². The standard InChI is InChI=1S/C19H26FN3O2/c20-16-6-4-15(5-7-16)19(25)21-10-1-3-18(24)23-12-2-11-22(13-14-23)17-8-9-17/h4-7,17H,1-3,8-14H2,(H,21,25). The number of rotatable bonds is 6. The molecule has 5 nitrogen and oxygen atoms in total. The number of nitrogens with one attached hydrogen (secondary N) is 1. The van der Waals surface area contributed by atoms with Crippen molar-refractivity contribution in [1.29, 1.82) is 0 Å². The molecule has 0 radical (unpaired) electrons. The molecular weight excluding hydrogens is 321 g/mol. The summed E-state index contributed by atoms with van der Waals surface area (Å²) in [4.78, 5) is 28.7. The maximum atomic E-state index is 12.8. The summed E-state index contributed by atoms with van der Waals surface area (Å²) in [5, 5.41) is 2.78. The van der Waals surface area contributed by atoms with Crippen molar-refractivity contribution in [3.05, 3.63) is 35.6 Å². The minimum Gasteiger partial charge on any atom is -0.352 e. The molecule has 1 aliphatic carbocycles. The lowest BCUT2D eigenvalue weighted by Crippen LogP contribution is -2.36. The van der Waals surface area contributed by atoms with Crippen LogP contribution >= 0.6 is 0 Å². The maximum Gasteiger partial charge on any atom is 0.251 e. The highest BCUT2D eigenvalue weighted by atomic mass is 19.1. The van der Waals surface area contributed by atoms with E-state index in [4.69, 9.17) is 0 Å². The Bertz CT molecular complexity index is 601. The first-order valence-electron chi connectivity index (χ1n) is 9.19. The fourth-order valence-corrected chi connectivity index (χ4v) is 3.29. The third-order valence-electron chi connectivity index (χ3n) is 4.91. The second-order valence-electron chi connectivity index (χ2n) is 6.87. The maximum absolute atomic E-state index is 12.8. The second-order valence-corrected chi connectivity index (χ2v) is 6.87. The number of carbonyl (C=O) groups excluding carboxylic acids is 2.